The molecule has 0 aliphatic heterocycles. The van der Waals surface area contributed by atoms with Gasteiger partial charge in [-0.3, -0.25) is 9.59 Å². The SMILES string of the molecule is Cc1cccc(Oc2ccc(C(=O)NC3C=CCC(=S)C3=O)cn2)c1C. The third-order valence-corrected chi connectivity index (χ3v) is 4.61. The summed E-state index contributed by atoms with van der Waals surface area (Å²) < 4.78 is 5.78. The van der Waals surface area contributed by atoms with E-state index in [1.165, 1.54) is 6.20 Å². The van der Waals surface area contributed by atoms with Crippen molar-refractivity contribution >= 4 is 28.8 Å². The molecular weight excluding hydrogens is 348 g/mol. The molecule has 0 saturated carbocycles. The Morgan fingerprint density at radius 1 is 1.27 bits per heavy atom. The Balaban J connectivity index is 1.69. The van der Waals surface area contributed by atoms with E-state index in [1.54, 1.807) is 24.3 Å². The minimum atomic E-state index is -0.713. The van der Waals surface area contributed by atoms with Crippen LogP contribution in [0.1, 0.15) is 27.9 Å². The molecular formula is C20H18N2O3S. The number of carbonyl (C=O) groups is 2. The lowest BCUT2D eigenvalue weighted by Crippen LogP contribution is -2.43. The lowest BCUT2D eigenvalue weighted by Gasteiger charge is -2.17. The van der Waals surface area contributed by atoms with Gasteiger partial charge in [0.2, 0.25) is 5.88 Å². The number of allylic oxidation sites excluding steroid dienone is 1. The third kappa shape index (κ3) is 3.86. The number of nitrogens with one attached hydrogen (secondary N) is 1. The number of pyridine rings is 1. The minimum Gasteiger partial charge on any atom is -0.439 e. The Morgan fingerprint density at radius 2 is 2.08 bits per heavy atom. The summed E-state index contributed by atoms with van der Waals surface area (Å²) in [6.07, 6.45) is 5.31. The van der Waals surface area contributed by atoms with Gasteiger partial charge in [-0.2, -0.15) is 0 Å². The van der Waals surface area contributed by atoms with Gasteiger partial charge < -0.3 is 10.1 Å². The molecule has 1 N–H and O–H groups in total. The number of nitrogens with zero attached hydrogens (tertiary/aromatic N) is 1. The lowest BCUT2D eigenvalue weighted by molar-refractivity contribution is -0.113. The average molecular weight is 366 g/mol. The molecule has 0 radical (unpaired) electrons. The zero-order valence-corrected chi connectivity index (χ0v) is 15.3. The average Bonchev–Trinajstić information content (AvgIpc) is 2.63. The highest BCUT2D eigenvalue weighted by molar-refractivity contribution is 7.82. The number of aryl methyl sites for hydroxylation is 1. The van der Waals surface area contributed by atoms with Crippen molar-refractivity contribution in [2.75, 3.05) is 0 Å². The number of rotatable bonds is 4. The van der Waals surface area contributed by atoms with E-state index >= 15 is 0 Å². The van der Waals surface area contributed by atoms with Crippen molar-refractivity contribution in [3.63, 3.8) is 0 Å². The zero-order chi connectivity index (χ0) is 18.7. The third-order valence-electron chi connectivity index (χ3n) is 4.24. The van der Waals surface area contributed by atoms with Crippen LogP contribution in [-0.4, -0.2) is 27.6 Å². The van der Waals surface area contributed by atoms with Gasteiger partial charge in [0.05, 0.1) is 10.4 Å². The molecule has 1 atom stereocenters. The van der Waals surface area contributed by atoms with Gasteiger partial charge in [0, 0.05) is 18.7 Å². The summed E-state index contributed by atoms with van der Waals surface area (Å²) in [7, 11) is 0. The molecule has 1 heterocycles. The molecule has 2 aromatic rings. The molecule has 1 aromatic carbocycles. The number of hydrogen-bond acceptors (Lipinski definition) is 5. The number of hydrogen-bond donors (Lipinski definition) is 1. The van der Waals surface area contributed by atoms with Gasteiger partial charge in [0.1, 0.15) is 11.8 Å². The van der Waals surface area contributed by atoms with E-state index in [0.717, 1.165) is 16.9 Å². The first kappa shape index (κ1) is 17.9. The first-order chi connectivity index (χ1) is 12.5. The van der Waals surface area contributed by atoms with E-state index < -0.39 is 6.04 Å². The van der Waals surface area contributed by atoms with E-state index in [-0.39, 0.29) is 11.7 Å². The Kier molecular flexibility index (Phi) is 5.23. The molecule has 0 fully saturated rings. The maximum absolute atomic E-state index is 12.3. The monoisotopic (exact) mass is 366 g/mol. The number of carbonyl (C=O) groups excluding carboxylic acids is 2. The van der Waals surface area contributed by atoms with E-state index in [1.807, 2.05) is 32.0 Å². The largest absolute Gasteiger partial charge is 0.439 e. The normalized spacial score (nSPS) is 16.5. The number of benzene rings is 1. The summed E-state index contributed by atoms with van der Waals surface area (Å²) in [4.78, 5) is 28.8. The highest BCUT2D eigenvalue weighted by atomic mass is 32.1. The molecule has 132 valence electrons. The molecule has 1 aliphatic carbocycles. The summed E-state index contributed by atoms with van der Waals surface area (Å²) in [5.74, 6) is 0.494. The highest BCUT2D eigenvalue weighted by Gasteiger charge is 2.24. The van der Waals surface area contributed by atoms with Gasteiger partial charge in [0.15, 0.2) is 5.78 Å². The van der Waals surface area contributed by atoms with Gasteiger partial charge in [-0.05, 0) is 37.1 Å². The van der Waals surface area contributed by atoms with Crippen LogP contribution in [0.5, 0.6) is 11.6 Å². The first-order valence-electron chi connectivity index (χ1n) is 8.20. The van der Waals surface area contributed by atoms with E-state index in [2.05, 4.69) is 10.3 Å². The molecule has 1 unspecified atom stereocenters. The van der Waals surface area contributed by atoms with Crippen molar-refractivity contribution < 1.29 is 14.3 Å². The summed E-state index contributed by atoms with van der Waals surface area (Å²) in [6, 6.07) is 8.32. The fourth-order valence-electron chi connectivity index (χ4n) is 2.53. The molecule has 5 nitrogen and oxygen atoms in total. The Labute approximate surface area is 157 Å². The Morgan fingerprint density at radius 3 is 2.81 bits per heavy atom. The second-order valence-electron chi connectivity index (χ2n) is 6.06. The van der Waals surface area contributed by atoms with Crippen LogP contribution in [0, 0.1) is 13.8 Å². The zero-order valence-electron chi connectivity index (χ0n) is 14.5. The molecule has 3 rings (SSSR count). The first-order valence-corrected chi connectivity index (χ1v) is 8.61. The Hall–Kier alpha value is -2.86. The van der Waals surface area contributed by atoms with E-state index in [9.17, 15) is 9.59 Å². The minimum absolute atomic E-state index is 0.237. The number of aromatic nitrogens is 1. The van der Waals surface area contributed by atoms with Crippen molar-refractivity contribution in [1.82, 2.24) is 10.3 Å². The summed E-state index contributed by atoms with van der Waals surface area (Å²) in [5.41, 5.74) is 2.51. The topological polar surface area (TPSA) is 68.3 Å². The number of ketones is 1. The van der Waals surface area contributed by atoms with E-state index in [4.69, 9.17) is 17.0 Å². The molecule has 1 aromatic heterocycles. The fraction of sp³-hybridized carbons (Fsp3) is 0.200. The van der Waals surface area contributed by atoms with Crippen molar-refractivity contribution in [3.05, 3.63) is 65.4 Å². The van der Waals surface area contributed by atoms with Crippen molar-refractivity contribution in [2.45, 2.75) is 26.3 Å². The fourth-order valence-corrected chi connectivity index (χ4v) is 2.76. The molecule has 0 saturated heterocycles. The van der Waals surface area contributed by atoms with Crippen LogP contribution >= 0.6 is 12.2 Å². The number of Topliss-reactive ketones (excluding diaryl/α,β-unsaturated/α-hetero) is 1. The van der Waals surface area contributed by atoms with Crippen LogP contribution < -0.4 is 10.1 Å². The van der Waals surface area contributed by atoms with Gasteiger partial charge >= 0.3 is 0 Å². The Bertz CT molecular complexity index is 904. The van der Waals surface area contributed by atoms with E-state index in [0.29, 0.717) is 22.7 Å². The summed E-state index contributed by atoms with van der Waals surface area (Å²) in [6.45, 7) is 3.99. The van der Waals surface area contributed by atoms with Gasteiger partial charge in [-0.1, -0.05) is 36.5 Å². The second kappa shape index (κ2) is 7.58. The highest BCUT2D eigenvalue weighted by Crippen LogP contribution is 2.25. The quantitative estimate of drug-likeness (QED) is 0.663. The summed E-state index contributed by atoms with van der Waals surface area (Å²) in [5, 5.41) is 2.66. The molecule has 1 amide bonds. The smallest absolute Gasteiger partial charge is 0.253 e. The molecule has 0 bridgehead atoms. The van der Waals surface area contributed by atoms with Gasteiger partial charge in [-0.25, -0.2) is 4.98 Å². The van der Waals surface area contributed by atoms with Crippen molar-refractivity contribution in [3.8, 4) is 11.6 Å². The van der Waals surface area contributed by atoms with Crippen LogP contribution in [0.3, 0.4) is 0 Å². The van der Waals surface area contributed by atoms with Crippen molar-refractivity contribution in [2.24, 2.45) is 0 Å². The molecule has 26 heavy (non-hydrogen) atoms. The van der Waals surface area contributed by atoms with Crippen LogP contribution in [0.2, 0.25) is 0 Å². The van der Waals surface area contributed by atoms with Crippen LogP contribution in [0.15, 0.2) is 48.7 Å². The number of amides is 1. The van der Waals surface area contributed by atoms with Crippen LogP contribution in [0.25, 0.3) is 0 Å². The standard InChI is InChI=1S/C20H18N2O3S/c1-12-5-3-7-16(13(12)2)25-18-10-9-14(11-21-18)20(24)22-15-6-4-8-17(26)19(15)23/h3-7,9-11,15H,8H2,1-2H3,(H,22,24). The maximum atomic E-state index is 12.3. The van der Waals surface area contributed by atoms with Gasteiger partial charge in [0.25, 0.3) is 5.91 Å². The molecule has 0 spiro atoms. The molecule has 6 heteroatoms. The van der Waals surface area contributed by atoms with Crippen molar-refractivity contribution in [1.29, 1.82) is 0 Å². The second-order valence-corrected chi connectivity index (χ2v) is 6.55. The lowest BCUT2D eigenvalue weighted by atomic mass is 10.0. The number of thiocarbonyl (C=S) groups is 1. The van der Waals surface area contributed by atoms with Crippen LogP contribution in [0.4, 0.5) is 0 Å². The molecule has 1 aliphatic rings. The predicted molar refractivity (Wildman–Crippen MR) is 103 cm³/mol. The summed E-state index contributed by atoms with van der Waals surface area (Å²) >= 11 is 4.99. The van der Waals surface area contributed by atoms with Gasteiger partial charge in [-0.15, -0.1) is 0 Å². The maximum Gasteiger partial charge on any atom is 0.253 e. The predicted octanol–water partition coefficient (Wildman–Crippen LogP) is 3.49. The number of ether oxygens (including phenoxy) is 1. The van der Waals surface area contributed by atoms with Crippen LogP contribution in [-0.2, 0) is 4.79 Å².